The number of likely N-dealkylation sites (tertiary alicyclic amines) is 4. The lowest BCUT2D eigenvalue weighted by molar-refractivity contribution is -0.138. The monoisotopic (exact) mass is 1190 g/mol. The first kappa shape index (κ1) is 55.6. The Bertz CT molecular complexity index is 3340. The standard InChI is InChI=1S/C35H33F3N4O.C27H28F3IN4O/c36-35(37,38)28-15-12-27(13-16-28)23-39-33-22-31(34(43)42-20-6-9-29(42)24-41-18-4-5-19-41)30-21-26(14-17-32(30)40-33)11-10-25-7-2-1-3-8-25;28-27(29,30)19-7-5-18(6-8-19)16-32-25-15-23(22-14-20(31)9-10-24(22)33-25)26(36)35-13-3-4-21(35)17-34-11-1-2-12-34/h1-3,7-8,12-17,21-22,29H,4-6,9,18-20,23-24H2,(H,39,40);5-10,14-15,21H,1-4,11-13,16-17H2,(H,32,33)/t29-;21-/m00/s1. The molecule has 0 unspecified atom stereocenters. The first-order valence-electron chi connectivity index (χ1n) is 27.1. The van der Waals surface area contributed by atoms with Gasteiger partial charge in [0, 0.05) is 76.8 Å². The van der Waals surface area contributed by atoms with Crippen LogP contribution in [0, 0.1) is 15.4 Å². The summed E-state index contributed by atoms with van der Waals surface area (Å²) in [5.74, 6) is 7.42. The highest BCUT2D eigenvalue weighted by Gasteiger charge is 2.35. The predicted octanol–water partition coefficient (Wildman–Crippen LogP) is 13.1. The number of pyridine rings is 2. The number of halogens is 7. The van der Waals surface area contributed by atoms with Gasteiger partial charge in [0.05, 0.1) is 33.3 Å². The van der Waals surface area contributed by atoms with Gasteiger partial charge < -0.3 is 30.2 Å². The molecule has 6 heterocycles. The number of aromatic nitrogens is 2. The highest BCUT2D eigenvalue weighted by atomic mass is 127. The minimum Gasteiger partial charge on any atom is -0.366 e. The summed E-state index contributed by atoms with van der Waals surface area (Å²) in [6.45, 7) is 8.22. The average molecular weight is 1190 g/mol. The molecular weight excluding hydrogens is 1130 g/mol. The number of fused-ring (bicyclic) bond motifs is 2. The molecular formula is C62H61F6IN8O2. The Balaban J connectivity index is 0.000000181. The van der Waals surface area contributed by atoms with E-state index in [1.54, 1.807) is 12.1 Å². The number of carbonyl (C=O) groups is 2. The van der Waals surface area contributed by atoms with Gasteiger partial charge >= 0.3 is 12.4 Å². The van der Waals surface area contributed by atoms with Crippen molar-refractivity contribution in [2.75, 3.05) is 63.0 Å². The summed E-state index contributed by atoms with van der Waals surface area (Å²) in [6, 6.07) is 35.3. The molecule has 2 aromatic heterocycles. The van der Waals surface area contributed by atoms with Gasteiger partial charge in [-0.25, -0.2) is 9.97 Å². The topological polar surface area (TPSA) is 96.9 Å². The van der Waals surface area contributed by atoms with E-state index < -0.39 is 23.5 Å². The van der Waals surface area contributed by atoms with Gasteiger partial charge in [-0.2, -0.15) is 26.3 Å². The van der Waals surface area contributed by atoms with Gasteiger partial charge in [-0.3, -0.25) is 9.59 Å². The van der Waals surface area contributed by atoms with Crippen molar-refractivity contribution in [2.24, 2.45) is 0 Å². The average Bonchev–Trinajstić information content (AvgIpc) is 4.43. The number of nitrogens with zero attached hydrogens (tertiary/aromatic N) is 6. The highest BCUT2D eigenvalue weighted by molar-refractivity contribution is 14.1. The van der Waals surface area contributed by atoms with Crippen LogP contribution in [0.25, 0.3) is 21.8 Å². The molecule has 4 aliphatic rings. The summed E-state index contributed by atoms with van der Waals surface area (Å²) in [4.78, 5) is 46.4. The number of benzene rings is 5. The Morgan fingerprint density at radius 2 is 0.962 bits per heavy atom. The number of hydrogen-bond donors (Lipinski definition) is 2. The van der Waals surface area contributed by atoms with Crippen LogP contribution < -0.4 is 10.6 Å². The molecule has 4 saturated heterocycles. The second kappa shape index (κ2) is 24.7. The van der Waals surface area contributed by atoms with Crippen molar-refractivity contribution in [3.8, 4) is 11.8 Å². The fraction of sp³-hybridized carbons (Fsp3) is 0.355. The fourth-order valence-electron chi connectivity index (χ4n) is 11.1. The van der Waals surface area contributed by atoms with Crippen molar-refractivity contribution in [1.82, 2.24) is 29.6 Å². The van der Waals surface area contributed by atoms with E-state index in [0.717, 1.165) is 121 Å². The molecule has 5 aromatic carbocycles. The van der Waals surface area contributed by atoms with Crippen molar-refractivity contribution in [2.45, 2.75) is 88.9 Å². The third-order valence-electron chi connectivity index (χ3n) is 15.3. The van der Waals surface area contributed by atoms with Crippen molar-refractivity contribution >= 4 is 67.8 Å². The molecule has 7 aromatic rings. The molecule has 0 aliphatic carbocycles. The van der Waals surface area contributed by atoms with Gasteiger partial charge in [0.15, 0.2) is 0 Å². The van der Waals surface area contributed by atoms with Gasteiger partial charge in [0.25, 0.3) is 11.8 Å². The molecule has 410 valence electrons. The number of amides is 2. The van der Waals surface area contributed by atoms with Crippen LogP contribution in [0.4, 0.5) is 38.0 Å². The highest BCUT2D eigenvalue weighted by Crippen LogP contribution is 2.33. The number of alkyl halides is 6. The molecule has 10 nitrogen and oxygen atoms in total. The van der Waals surface area contributed by atoms with E-state index >= 15 is 0 Å². The lowest BCUT2D eigenvalue weighted by Crippen LogP contribution is -2.42. The molecule has 4 aliphatic heterocycles. The number of nitrogens with one attached hydrogen (secondary N) is 2. The summed E-state index contributed by atoms with van der Waals surface area (Å²) in [7, 11) is 0. The van der Waals surface area contributed by atoms with Crippen molar-refractivity contribution in [3.05, 3.63) is 175 Å². The SMILES string of the molecule is O=C(c1cc(NCc2ccc(C(F)(F)F)cc2)nc2ccc(C#Cc3ccccc3)cc12)N1CCC[C@H]1CN1CCCC1.O=C(c1cc(NCc2ccc(C(F)(F)F)cc2)nc2ccc(I)cc12)N1CCC[C@H]1CN1CCCC1. The zero-order chi connectivity index (χ0) is 55.1. The zero-order valence-corrected chi connectivity index (χ0v) is 45.8. The van der Waals surface area contributed by atoms with Gasteiger partial charge in [0.1, 0.15) is 11.6 Å². The van der Waals surface area contributed by atoms with Gasteiger partial charge in [-0.15, -0.1) is 0 Å². The first-order chi connectivity index (χ1) is 38.1. The molecule has 11 rings (SSSR count). The summed E-state index contributed by atoms with van der Waals surface area (Å²) < 4.78 is 78.6. The van der Waals surface area contributed by atoms with Crippen LogP contribution in [-0.4, -0.2) is 106 Å². The van der Waals surface area contributed by atoms with E-state index in [0.29, 0.717) is 58.0 Å². The van der Waals surface area contributed by atoms with E-state index in [2.05, 4.69) is 59.8 Å². The minimum absolute atomic E-state index is 0.0173. The second-order valence-corrected chi connectivity index (χ2v) is 22.1. The maximum Gasteiger partial charge on any atom is 0.416 e. The van der Waals surface area contributed by atoms with Crippen LogP contribution in [0.1, 0.15) is 105 Å². The lowest BCUT2D eigenvalue weighted by Gasteiger charge is -2.29. The summed E-state index contributed by atoms with van der Waals surface area (Å²) in [6.07, 6.45) is 0.0925. The number of anilines is 2. The van der Waals surface area contributed by atoms with E-state index in [-0.39, 0.29) is 30.4 Å². The zero-order valence-electron chi connectivity index (χ0n) is 43.7. The quantitative estimate of drug-likeness (QED) is 0.0710. The van der Waals surface area contributed by atoms with E-state index in [1.165, 1.54) is 49.9 Å². The molecule has 4 fully saturated rings. The van der Waals surface area contributed by atoms with Crippen molar-refractivity contribution in [3.63, 3.8) is 0 Å². The summed E-state index contributed by atoms with van der Waals surface area (Å²) in [5.41, 5.74) is 4.24. The molecule has 0 spiro atoms. The maximum atomic E-state index is 14.2. The Morgan fingerprint density at radius 1 is 0.519 bits per heavy atom. The third-order valence-corrected chi connectivity index (χ3v) is 16.0. The molecule has 0 saturated carbocycles. The maximum absolute atomic E-state index is 14.2. The number of rotatable bonds is 12. The Kier molecular flexibility index (Phi) is 17.4. The largest absolute Gasteiger partial charge is 0.416 e. The van der Waals surface area contributed by atoms with Gasteiger partial charge in [-0.1, -0.05) is 54.3 Å². The van der Waals surface area contributed by atoms with E-state index in [1.807, 2.05) is 76.5 Å². The van der Waals surface area contributed by atoms with Gasteiger partial charge in [-0.05, 0) is 196 Å². The molecule has 17 heteroatoms. The van der Waals surface area contributed by atoms with Gasteiger partial charge in [0.2, 0.25) is 0 Å². The Morgan fingerprint density at radius 3 is 1.43 bits per heavy atom. The predicted molar refractivity (Wildman–Crippen MR) is 306 cm³/mol. The fourth-order valence-corrected chi connectivity index (χ4v) is 11.6. The molecule has 2 N–H and O–H groups in total. The number of hydrogen-bond acceptors (Lipinski definition) is 8. The molecule has 2 amide bonds. The van der Waals surface area contributed by atoms with Crippen molar-refractivity contribution < 1.29 is 35.9 Å². The van der Waals surface area contributed by atoms with Crippen LogP contribution in [-0.2, 0) is 25.4 Å². The van der Waals surface area contributed by atoms with E-state index in [4.69, 9.17) is 4.98 Å². The van der Waals surface area contributed by atoms with Crippen LogP contribution in [0.3, 0.4) is 0 Å². The third kappa shape index (κ3) is 14.0. The molecule has 2 atom stereocenters. The number of carbonyl (C=O) groups excluding carboxylic acids is 2. The van der Waals surface area contributed by atoms with Crippen LogP contribution in [0.2, 0.25) is 0 Å². The normalized spacial score (nSPS) is 17.9. The summed E-state index contributed by atoms with van der Waals surface area (Å²) >= 11 is 2.24. The molecule has 0 radical (unpaired) electrons. The Hall–Kier alpha value is -6.75. The van der Waals surface area contributed by atoms with Crippen LogP contribution >= 0.6 is 22.6 Å². The smallest absolute Gasteiger partial charge is 0.366 e. The minimum atomic E-state index is -4.38. The van der Waals surface area contributed by atoms with Crippen molar-refractivity contribution in [1.29, 1.82) is 0 Å². The lowest BCUT2D eigenvalue weighted by atomic mass is 10.0. The first-order valence-corrected chi connectivity index (χ1v) is 28.2. The Labute approximate surface area is 470 Å². The van der Waals surface area contributed by atoms with Crippen LogP contribution in [0.5, 0.6) is 0 Å². The van der Waals surface area contributed by atoms with Crippen LogP contribution in [0.15, 0.2) is 127 Å². The second-order valence-electron chi connectivity index (χ2n) is 20.8. The molecule has 0 bridgehead atoms. The molecule has 79 heavy (non-hydrogen) atoms. The summed E-state index contributed by atoms with van der Waals surface area (Å²) in [5, 5.41) is 7.99. The van der Waals surface area contributed by atoms with E-state index in [9.17, 15) is 35.9 Å².